The van der Waals surface area contributed by atoms with Crippen LogP contribution in [0.4, 0.5) is 0 Å². The number of carbonyl (C=O) groups excluding carboxylic acids is 1. The van der Waals surface area contributed by atoms with Crippen molar-refractivity contribution in [2.75, 3.05) is 20.2 Å². The molecule has 0 heterocycles. The Bertz CT molecular complexity index is 541. The first-order valence-corrected chi connectivity index (χ1v) is 7.46. The van der Waals surface area contributed by atoms with E-state index in [9.17, 15) is 13.2 Å². The molecule has 0 fully saturated rings. The highest BCUT2D eigenvalue weighted by atomic mass is 32.2. The standard InChI is InChI=1S/C12H18N2O5S/c1-3-8-14(9-12(15)13-16)20(17,18)11-6-4-10(19-2)5-7-11/h4-7,16H,3,8-9H2,1-2H3,(H,13,15). The normalized spacial score (nSPS) is 11.4. The number of nitrogens with one attached hydrogen (secondary N) is 1. The van der Waals surface area contributed by atoms with Crippen molar-refractivity contribution < 1.29 is 23.2 Å². The van der Waals surface area contributed by atoms with E-state index in [1.165, 1.54) is 36.9 Å². The van der Waals surface area contributed by atoms with Crippen LogP contribution >= 0.6 is 0 Å². The third-order valence-corrected chi connectivity index (χ3v) is 4.47. The molecule has 0 radical (unpaired) electrons. The molecule has 0 aliphatic carbocycles. The van der Waals surface area contributed by atoms with Crippen molar-refractivity contribution in [2.45, 2.75) is 18.2 Å². The Morgan fingerprint density at radius 2 is 1.95 bits per heavy atom. The molecular weight excluding hydrogens is 284 g/mol. The van der Waals surface area contributed by atoms with E-state index in [0.29, 0.717) is 12.2 Å². The van der Waals surface area contributed by atoms with Crippen LogP contribution in [0.15, 0.2) is 29.2 Å². The minimum absolute atomic E-state index is 0.0671. The predicted octanol–water partition coefficient (Wildman–Crippen LogP) is 0.601. The minimum atomic E-state index is -3.79. The first-order chi connectivity index (χ1) is 9.45. The summed E-state index contributed by atoms with van der Waals surface area (Å²) in [6.45, 7) is 1.55. The molecule has 0 saturated carbocycles. The quantitative estimate of drug-likeness (QED) is 0.568. The molecule has 2 N–H and O–H groups in total. The van der Waals surface area contributed by atoms with E-state index in [1.807, 2.05) is 0 Å². The molecule has 8 heteroatoms. The maximum absolute atomic E-state index is 12.4. The van der Waals surface area contributed by atoms with Crippen LogP contribution < -0.4 is 10.2 Å². The number of hydrogen-bond donors (Lipinski definition) is 2. The van der Waals surface area contributed by atoms with Crippen LogP contribution in [-0.4, -0.2) is 44.0 Å². The van der Waals surface area contributed by atoms with Gasteiger partial charge in [0.1, 0.15) is 5.75 Å². The molecule has 1 amide bonds. The number of methoxy groups -OCH3 is 1. The van der Waals surface area contributed by atoms with Gasteiger partial charge in [0.15, 0.2) is 0 Å². The Kier molecular flexibility index (Phi) is 5.93. The van der Waals surface area contributed by atoms with E-state index >= 15 is 0 Å². The fourth-order valence-corrected chi connectivity index (χ4v) is 3.11. The van der Waals surface area contributed by atoms with Crippen LogP contribution in [0, 0.1) is 0 Å². The Balaban J connectivity index is 3.04. The third-order valence-electron chi connectivity index (χ3n) is 2.61. The largest absolute Gasteiger partial charge is 0.497 e. The third kappa shape index (κ3) is 3.92. The zero-order valence-electron chi connectivity index (χ0n) is 11.4. The van der Waals surface area contributed by atoms with E-state index in [0.717, 1.165) is 4.31 Å². The van der Waals surface area contributed by atoms with Crippen LogP contribution in [-0.2, 0) is 14.8 Å². The number of rotatable bonds is 7. The number of ether oxygens (including phenoxy) is 1. The number of hydroxylamine groups is 1. The Morgan fingerprint density at radius 3 is 2.40 bits per heavy atom. The molecule has 0 aromatic heterocycles. The van der Waals surface area contributed by atoms with Crippen LogP contribution in [0.3, 0.4) is 0 Å². The van der Waals surface area contributed by atoms with Gasteiger partial charge in [-0.25, -0.2) is 13.9 Å². The lowest BCUT2D eigenvalue weighted by atomic mass is 10.3. The van der Waals surface area contributed by atoms with E-state index in [1.54, 1.807) is 6.92 Å². The Labute approximate surface area is 118 Å². The van der Waals surface area contributed by atoms with Crippen molar-refractivity contribution in [1.29, 1.82) is 0 Å². The van der Waals surface area contributed by atoms with Gasteiger partial charge in [-0.05, 0) is 30.7 Å². The number of amides is 1. The smallest absolute Gasteiger partial charge is 0.258 e. The van der Waals surface area contributed by atoms with Gasteiger partial charge in [0.2, 0.25) is 10.0 Å². The van der Waals surface area contributed by atoms with Crippen LogP contribution in [0.1, 0.15) is 13.3 Å². The molecular formula is C12H18N2O5S. The molecule has 0 atom stereocenters. The van der Waals surface area contributed by atoms with Crippen LogP contribution in [0.25, 0.3) is 0 Å². The average Bonchev–Trinajstić information content (AvgIpc) is 2.46. The van der Waals surface area contributed by atoms with E-state index in [4.69, 9.17) is 9.94 Å². The van der Waals surface area contributed by atoms with E-state index in [-0.39, 0.29) is 11.4 Å². The van der Waals surface area contributed by atoms with Gasteiger partial charge in [-0.15, -0.1) is 0 Å². The lowest BCUT2D eigenvalue weighted by Gasteiger charge is -2.20. The lowest BCUT2D eigenvalue weighted by molar-refractivity contribution is -0.129. The number of sulfonamides is 1. The first kappa shape index (κ1) is 16.4. The van der Waals surface area contributed by atoms with Crippen LogP contribution in [0.5, 0.6) is 5.75 Å². The summed E-state index contributed by atoms with van der Waals surface area (Å²) < 4.78 is 30.8. The summed E-state index contributed by atoms with van der Waals surface area (Å²) in [5.74, 6) is -0.241. The Hall–Kier alpha value is -1.64. The highest BCUT2D eigenvalue weighted by molar-refractivity contribution is 7.89. The summed E-state index contributed by atoms with van der Waals surface area (Å²) in [4.78, 5) is 11.3. The average molecular weight is 302 g/mol. The molecule has 0 aliphatic heterocycles. The monoisotopic (exact) mass is 302 g/mol. The summed E-state index contributed by atoms with van der Waals surface area (Å²) in [6.07, 6.45) is 0.550. The molecule has 7 nitrogen and oxygen atoms in total. The molecule has 1 aromatic rings. The second-order valence-electron chi connectivity index (χ2n) is 4.05. The zero-order chi connectivity index (χ0) is 15.2. The fraction of sp³-hybridized carbons (Fsp3) is 0.417. The van der Waals surface area contributed by atoms with Crippen molar-refractivity contribution in [3.05, 3.63) is 24.3 Å². The molecule has 0 spiro atoms. The highest BCUT2D eigenvalue weighted by Gasteiger charge is 2.25. The maximum Gasteiger partial charge on any atom is 0.258 e. The molecule has 0 saturated heterocycles. The maximum atomic E-state index is 12.4. The van der Waals surface area contributed by atoms with Crippen molar-refractivity contribution >= 4 is 15.9 Å². The number of benzene rings is 1. The molecule has 1 aromatic carbocycles. The number of nitrogens with zero attached hydrogens (tertiary/aromatic N) is 1. The molecule has 0 aliphatic rings. The SMILES string of the molecule is CCCN(CC(=O)NO)S(=O)(=O)c1ccc(OC)cc1. The lowest BCUT2D eigenvalue weighted by Crippen LogP contribution is -2.40. The van der Waals surface area contributed by atoms with Gasteiger partial charge in [-0.1, -0.05) is 6.92 Å². The zero-order valence-corrected chi connectivity index (χ0v) is 12.2. The van der Waals surface area contributed by atoms with Gasteiger partial charge in [0.25, 0.3) is 5.91 Å². The Morgan fingerprint density at radius 1 is 1.35 bits per heavy atom. The van der Waals surface area contributed by atoms with Crippen molar-refractivity contribution in [1.82, 2.24) is 9.79 Å². The fourth-order valence-electron chi connectivity index (χ4n) is 1.63. The molecule has 20 heavy (non-hydrogen) atoms. The highest BCUT2D eigenvalue weighted by Crippen LogP contribution is 2.19. The van der Waals surface area contributed by atoms with Crippen molar-refractivity contribution in [3.63, 3.8) is 0 Å². The summed E-state index contributed by atoms with van der Waals surface area (Å²) in [5, 5.41) is 8.52. The van der Waals surface area contributed by atoms with Gasteiger partial charge in [0, 0.05) is 6.54 Å². The summed E-state index contributed by atoms with van der Waals surface area (Å²) >= 11 is 0. The van der Waals surface area contributed by atoms with Gasteiger partial charge < -0.3 is 4.74 Å². The number of hydrogen-bond acceptors (Lipinski definition) is 5. The van der Waals surface area contributed by atoms with Gasteiger partial charge in [-0.3, -0.25) is 10.0 Å². The minimum Gasteiger partial charge on any atom is -0.497 e. The van der Waals surface area contributed by atoms with Crippen molar-refractivity contribution in [2.24, 2.45) is 0 Å². The summed E-state index contributed by atoms with van der Waals surface area (Å²) in [7, 11) is -2.30. The van der Waals surface area contributed by atoms with E-state index in [2.05, 4.69) is 0 Å². The predicted molar refractivity (Wildman–Crippen MR) is 72.0 cm³/mol. The van der Waals surface area contributed by atoms with Gasteiger partial charge in [0.05, 0.1) is 18.6 Å². The second kappa shape index (κ2) is 7.22. The summed E-state index contributed by atoms with van der Waals surface area (Å²) in [6, 6.07) is 5.88. The number of carbonyl (C=O) groups is 1. The molecule has 112 valence electrons. The first-order valence-electron chi connectivity index (χ1n) is 6.02. The van der Waals surface area contributed by atoms with Gasteiger partial charge >= 0.3 is 0 Å². The molecule has 0 bridgehead atoms. The van der Waals surface area contributed by atoms with Gasteiger partial charge in [-0.2, -0.15) is 4.31 Å². The van der Waals surface area contributed by atoms with Crippen molar-refractivity contribution in [3.8, 4) is 5.75 Å². The van der Waals surface area contributed by atoms with E-state index < -0.39 is 22.5 Å². The topological polar surface area (TPSA) is 95.9 Å². The molecule has 0 unspecified atom stereocenters. The molecule has 1 rings (SSSR count). The van der Waals surface area contributed by atoms with Crippen LogP contribution in [0.2, 0.25) is 0 Å². The second-order valence-corrected chi connectivity index (χ2v) is 5.99. The summed E-state index contributed by atoms with van der Waals surface area (Å²) in [5.41, 5.74) is 1.43.